The summed E-state index contributed by atoms with van der Waals surface area (Å²) in [7, 11) is 1.93. The zero-order valence-electron chi connectivity index (χ0n) is 8.65. The Morgan fingerprint density at radius 1 is 1.50 bits per heavy atom. The van der Waals surface area contributed by atoms with Gasteiger partial charge in [-0.1, -0.05) is 22.9 Å². The highest BCUT2D eigenvalue weighted by molar-refractivity contribution is 9.09. The summed E-state index contributed by atoms with van der Waals surface area (Å²) in [4.78, 5) is 5.00. The lowest BCUT2D eigenvalue weighted by Gasteiger charge is -2.29. The molecule has 3 atom stereocenters. The van der Waals surface area contributed by atoms with E-state index in [0.29, 0.717) is 16.7 Å². The summed E-state index contributed by atoms with van der Waals surface area (Å²) in [6.45, 7) is 2.31. The molecule has 0 saturated heterocycles. The average Bonchev–Trinajstić information content (AvgIpc) is 2.56. The zero-order chi connectivity index (χ0) is 10.1. The summed E-state index contributed by atoms with van der Waals surface area (Å²) in [5, 5.41) is 4.40. The Bertz CT molecular complexity index is 310. The largest absolute Gasteiger partial charge is 0.256 e. The minimum atomic E-state index is 0.536. The van der Waals surface area contributed by atoms with Crippen LogP contribution in [0.1, 0.15) is 37.9 Å². The molecular formula is C10H16BrN3. The van der Waals surface area contributed by atoms with E-state index in [1.807, 2.05) is 7.05 Å². The van der Waals surface area contributed by atoms with Crippen LogP contribution >= 0.6 is 15.9 Å². The highest BCUT2D eigenvalue weighted by atomic mass is 79.9. The molecule has 4 heteroatoms. The van der Waals surface area contributed by atoms with Gasteiger partial charge in [0.25, 0.3) is 0 Å². The number of nitrogens with zero attached hydrogens (tertiary/aromatic N) is 3. The third-order valence-electron chi connectivity index (χ3n) is 3.08. The SMILES string of the molecule is CC1CCC(Br)CC1c1ncn(C)n1. The van der Waals surface area contributed by atoms with Crippen LogP contribution in [0, 0.1) is 5.92 Å². The van der Waals surface area contributed by atoms with Crippen LogP contribution in [0.5, 0.6) is 0 Å². The van der Waals surface area contributed by atoms with Gasteiger partial charge < -0.3 is 0 Å². The van der Waals surface area contributed by atoms with Gasteiger partial charge >= 0.3 is 0 Å². The van der Waals surface area contributed by atoms with Crippen LogP contribution in [0.25, 0.3) is 0 Å². The Morgan fingerprint density at radius 2 is 2.29 bits per heavy atom. The summed E-state index contributed by atoms with van der Waals surface area (Å²) in [6, 6.07) is 0. The standard InChI is InChI=1S/C10H16BrN3/c1-7-3-4-8(11)5-9(7)10-12-6-14(2)13-10/h6-9H,3-5H2,1-2H3. The van der Waals surface area contributed by atoms with Crippen LogP contribution in [0.3, 0.4) is 0 Å². The highest BCUT2D eigenvalue weighted by Gasteiger charge is 2.29. The molecule has 14 heavy (non-hydrogen) atoms. The Balaban J connectivity index is 2.15. The monoisotopic (exact) mass is 257 g/mol. The third-order valence-corrected chi connectivity index (χ3v) is 3.91. The number of hydrogen-bond acceptors (Lipinski definition) is 2. The molecule has 1 fully saturated rings. The van der Waals surface area contributed by atoms with Gasteiger partial charge in [-0.3, -0.25) is 4.68 Å². The van der Waals surface area contributed by atoms with Crippen LogP contribution < -0.4 is 0 Å². The quantitative estimate of drug-likeness (QED) is 0.724. The molecule has 0 spiro atoms. The lowest BCUT2D eigenvalue weighted by atomic mass is 9.80. The molecule has 1 aliphatic rings. The first-order valence-corrected chi connectivity index (χ1v) is 6.08. The van der Waals surface area contributed by atoms with E-state index in [0.717, 1.165) is 5.82 Å². The van der Waals surface area contributed by atoms with E-state index in [1.54, 1.807) is 11.0 Å². The Hall–Kier alpha value is -0.380. The molecule has 2 rings (SSSR count). The number of rotatable bonds is 1. The van der Waals surface area contributed by atoms with E-state index < -0.39 is 0 Å². The summed E-state index contributed by atoms with van der Waals surface area (Å²) in [5.41, 5.74) is 0. The fraction of sp³-hybridized carbons (Fsp3) is 0.800. The number of hydrogen-bond donors (Lipinski definition) is 0. The van der Waals surface area contributed by atoms with Gasteiger partial charge in [0.05, 0.1) is 0 Å². The van der Waals surface area contributed by atoms with Crippen molar-refractivity contribution in [1.82, 2.24) is 14.8 Å². The van der Waals surface area contributed by atoms with E-state index in [9.17, 15) is 0 Å². The molecule has 0 amide bonds. The lowest BCUT2D eigenvalue weighted by molar-refractivity contribution is 0.328. The first kappa shape index (κ1) is 10.1. The molecule has 0 bridgehead atoms. The van der Waals surface area contributed by atoms with E-state index >= 15 is 0 Å². The van der Waals surface area contributed by atoms with Gasteiger partial charge in [0, 0.05) is 17.8 Å². The van der Waals surface area contributed by atoms with Crippen LogP contribution in [-0.4, -0.2) is 19.6 Å². The molecule has 1 aliphatic carbocycles. The van der Waals surface area contributed by atoms with Crippen molar-refractivity contribution in [3.63, 3.8) is 0 Å². The second-order valence-corrected chi connectivity index (χ2v) is 5.57. The molecule has 3 unspecified atom stereocenters. The summed E-state index contributed by atoms with van der Waals surface area (Å²) >= 11 is 3.70. The van der Waals surface area contributed by atoms with Crippen molar-refractivity contribution in [2.24, 2.45) is 13.0 Å². The molecule has 0 aromatic carbocycles. The summed E-state index contributed by atoms with van der Waals surface area (Å²) < 4.78 is 1.79. The minimum Gasteiger partial charge on any atom is -0.256 e. The van der Waals surface area contributed by atoms with Gasteiger partial charge in [0.1, 0.15) is 6.33 Å². The first-order valence-electron chi connectivity index (χ1n) is 5.16. The number of aromatic nitrogens is 3. The van der Waals surface area contributed by atoms with E-state index in [2.05, 4.69) is 32.9 Å². The van der Waals surface area contributed by atoms with Crippen molar-refractivity contribution in [1.29, 1.82) is 0 Å². The Kier molecular flexibility index (Phi) is 2.91. The van der Waals surface area contributed by atoms with Gasteiger partial charge in [-0.05, 0) is 25.2 Å². The Morgan fingerprint density at radius 3 is 2.93 bits per heavy atom. The maximum absolute atomic E-state index is 4.40. The van der Waals surface area contributed by atoms with Crippen molar-refractivity contribution in [2.75, 3.05) is 0 Å². The van der Waals surface area contributed by atoms with Gasteiger partial charge in [-0.25, -0.2) is 4.98 Å². The molecule has 1 saturated carbocycles. The van der Waals surface area contributed by atoms with Gasteiger partial charge in [-0.15, -0.1) is 0 Å². The van der Waals surface area contributed by atoms with Crippen molar-refractivity contribution >= 4 is 15.9 Å². The predicted octanol–water partition coefficient (Wildman–Crippen LogP) is 2.48. The number of aryl methyl sites for hydroxylation is 1. The summed E-state index contributed by atoms with van der Waals surface area (Å²) in [6.07, 6.45) is 5.52. The molecular weight excluding hydrogens is 242 g/mol. The molecule has 1 aromatic rings. The molecule has 3 nitrogen and oxygen atoms in total. The minimum absolute atomic E-state index is 0.536. The molecule has 1 aromatic heterocycles. The van der Waals surface area contributed by atoms with E-state index in [4.69, 9.17) is 0 Å². The maximum Gasteiger partial charge on any atom is 0.153 e. The fourth-order valence-electron chi connectivity index (χ4n) is 2.16. The summed E-state index contributed by atoms with van der Waals surface area (Å²) in [5.74, 6) is 2.27. The molecule has 1 heterocycles. The van der Waals surface area contributed by atoms with Crippen LogP contribution in [0.4, 0.5) is 0 Å². The normalized spacial score (nSPS) is 33.2. The third kappa shape index (κ3) is 2.00. The van der Waals surface area contributed by atoms with Crippen molar-refractivity contribution < 1.29 is 0 Å². The van der Waals surface area contributed by atoms with Gasteiger partial charge in [0.2, 0.25) is 0 Å². The molecule has 78 valence electrons. The first-order chi connectivity index (χ1) is 6.66. The van der Waals surface area contributed by atoms with Crippen LogP contribution in [-0.2, 0) is 7.05 Å². The van der Waals surface area contributed by atoms with Gasteiger partial charge in [-0.2, -0.15) is 5.10 Å². The van der Waals surface area contributed by atoms with Crippen molar-refractivity contribution in [3.8, 4) is 0 Å². The number of alkyl halides is 1. The second kappa shape index (κ2) is 4.01. The molecule has 0 N–H and O–H groups in total. The van der Waals surface area contributed by atoms with Crippen LogP contribution in [0.15, 0.2) is 6.33 Å². The molecule has 0 aliphatic heterocycles. The zero-order valence-corrected chi connectivity index (χ0v) is 10.2. The second-order valence-electron chi connectivity index (χ2n) is 4.27. The van der Waals surface area contributed by atoms with Gasteiger partial charge in [0.15, 0.2) is 5.82 Å². The fourth-order valence-corrected chi connectivity index (χ4v) is 2.82. The smallest absolute Gasteiger partial charge is 0.153 e. The average molecular weight is 258 g/mol. The predicted molar refractivity (Wildman–Crippen MR) is 59.5 cm³/mol. The topological polar surface area (TPSA) is 30.7 Å². The van der Waals surface area contributed by atoms with E-state index in [-0.39, 0.29) is 0 Å². The maximum atomic E-state index is 4.40. The van der Waals surface area contributed by atoms with Crippen LogP contribution in [0.2, 0.25) is 0 Å². The van der Waals surface area contributed by atoms with E-state index in [1.165, 1.54) is 19.3 Å². The number of halogens is 1. The lowest BCUT2D eigenvalue weighted by Crippen LogP contribution is -2.22. The van der Waals surface area contributed by atoms with Crippen molar-refractivity contribution in [2.45, 2.75) is 36.9 Å². The van der Waals surface area contributed by atoms with Crippen molar-refractivity contribution in [3.05, 3.63) is 12.2 Å². The molecule has 0 radical (unpaired) electrons. The Labute approximate surface area is 93.0 Å². The highest BCUT2D eigenvalue weighted by Crippen LogP contribution is 2.38.